The number of fused-ring (bicyclic) bond motifs is 2. The van der Waals surface area contributed by atoms with E-state index in [1.165, 1.54) is 0 Å². The van der Waals surface area contributed by atoms with E-state index in [1.54, 1.807) is 4.90 Å². The molecule has 4 nitrogen and oxygen atoms in total. The van der Waals surface area contributed by atoms with Crippen molar-refractivity contribution in [3.63, 3.8) is 0 Å². The van der Waals surface area contributed by atoms with E-state index in [0.29, 0.717) is 13.0 Å². The number of aliphatic carboxylic acids is 1. The molecule has 3 aliphatic rings. The van der Waals surface area contributed by atoms with Gasteiger partial charge < -0.3 is 10.0 Å². The Hall–Kier alpha value is -2.10. The van der Waals surface area contributed by atoms with Gasteiger partial charge in [-0.1, -0.05) is 42.5 Å². The molecule has 1 amide bonds. The third kappa shape index (κ3) is 2.03. The van der Waals surface area contributed by atoms with Crippen LogP contribution in [0.15, 0.2) is 42.5 Å². The second-order valence-electron chi connectivity index (χ2n) is 5.11. The number of piperidine rings is 1. The zero-order chi connectivity index (χ0) is 13.4. The molecular formula is C15H15NO3. The van der Waals surface area contributed by atoms with Crippen molar-refractivity contribution in [3.05, 3.63) is 48.0 Å². The Morgan fingerprint density at radius 1 is 1.26 bits per heavy atom. The van der Waals surface area contributed by atoms with Crippen LogP contribution in [0.1, 0.15) is 12.0 Å². The van der Waals surface area contributed by atoms with Gasteiger partial charge in [0.05, 0.1) is 17.9 Å². The molecule has 0 radical (unpaired) electrons. The van der Waals surface area contributed by atoms with Crippen molar-refractivity contribution in [2.24, 2.45) is 11.8 Å². The first-order valence-electron chi connectivity index (χ1n) is 6.42. The number of nitrogens with zero attached hydrogens (tertiary/aromatic N) is 1. The molecule has 2 heterocycles. The molecule has 1 N–H and O–H groups in total. The van der Waals surface area contributed by atoms with Crippen LogP contribution in [0.5, 0.6) is 0 Å². The van der Waals surface area contributed by atoms with Gasteiger partial charge in [-0.25, -0.2) is 0 Å². The fourth-order valence-electron chi connectivity index (χ4n) is 2.95. The van der Waals surface area contributed by atoms with Gasteiger partial charge >= 0.3 is 5.97 Å². The summed E-state index contributed by atoms with van der Waals surface area (Å²) in [6.45, 7) is 0.481. The summed E-state index contributed by atoms with van der Waals surface area (Å²) in [5.74, 6) is -1.51. The predicted molar refractivity (Wildman–Crippen MR) is 69.2 cm³/mol. The van der Waals surface area contributed by atoms with Crippen LogP contribution in [0.25, 0.3) is 0 Å². The Morgan fingerprint density at radius 2 is 2.00 bits per heavy atom. The van der Waals surface area contributed by atoms with Gasteiger partial charge in [0, 0.05) is 6.54 Å². The minimum atomic E-state index is -0.815. The first kappa shape index (κ1) is 12.0. The van der Waals surface area contributed by atoms with Crippen molar-refractivity contribution in [2.45, 2.75) is 19.0 Å². The van der Waals surface area contributed by atoms with Gasteiger partial charge in [-0.05, 0) is 12.0 Å². The number of amides is 1. The molecule has 1 aliphatic carbocycles. The Kier molecular flexibility index (Phi) is 2.85. The van der Waals surface area contributed by atoms with E-state index in [0.717, 1.165) is 5.56 Å². The Bertz CT molecular complexity index is 538. The Balaban J connectivity index is 1.86. The summed E-state index contributed by atoms with van der Waals surface area (Å²) < 4.78 is 0. The lowest BCUT2D eigenvalue weighted by Crippen LogP contribution is -2.55. The summed E-state index contributed by atoms with van der Waals surface area (Å²) in [6, 6.07) is 9.37. The van der Waals surface area contributed by atoms with Crippen LogP contribution >= 0.6 is 0 Å². The zero-order valence-electron chi connectivity index (χ0n) is 10.4. The van der Waals surface area contributed by atoms with Gasteiger partial charge in [0.15, 0.2) is 0 Å². The van der Waals surface area contributed by atoms with Crippen LogP contribution in [0.2, 0.25) is 0 Å². The monoisotopic (exact) mass is 257 g/mol. The molecule has 2 aliphatic heterocycles. The molecule has 0 saturated carbocycles. The van der Waals surface area contributed by atoms with Crippen LogP contribution in [0.4, 0.5) is 0 Å². The largest absolute Gasteiger partial charge is 0.481 e. The molecule has 4 rings (SSSR count). The molecule has 4 heteroatoms. The number of carbonyl (C=O) groups excluding carboxylic acids is 1. The van der Waals surface area contributed by atoms with Crippen molar-refractivity contribution >= 4 is 11.9 Å². The van der Waals surface area contributed by atoms with Crippen molar-refractivity contribution in [1.29, 1.82) is 0 Å². The minimum absolute atomic E-state index is 0.0499. The summed E-state index contributed by atoms with van der Waals surface area (Å²) in [6.07, 6.45) is 4.16. The summed E-state index contributed by atoms with van der Waals surface area (Å²) >= 11 is 0. The maximum Gasteiger partial charge on any atom is 0.308 e. The normalized spacial score (nSPS) is 28.7. The molecule has 1 saturated heterocycles. The average molecular weight is 257 g/mol. The smallest absolute Gasteiger partial charge is 0.308 e. The number of rotatable bonds is 3. The standard InChI is InChI=1S/C15H15NO3/c17-14-11-6-7-13(12(8-11)15(18)19)16(14)9-10-4-2-1-3-5-10/h1-7,11-13H,8-9H2,(H,18,19). The summed E-state index contributed by atoms with van der Waals surface area (Å²) in [7, 11) is 0. The minimum Gasteiger partial charge on any atom is -0.481 e. The number of carboxylic acids is 1. The van der Waals surface area contributed by atoms with E-state index in [1.807, 2.05) is 42.5 Å². The van der Waals surface area contributed by atoms with Crippen LogP contribution in [0, 0.1) is 11.8 Å². The van der Waals surface area contributed by atoms with Gasteiger partial charge in [0.2, 0.25) is 5.91 Å². The van der Waals surface area contributed by atoms with Gasteiger partial charge in [0.25, 0.3) is 0 Å². The molecule has 2 bridgehead atoms. The lowest BCUT2D eigenvalue weighted by molar-refractivity contribution is -0.154. The van der Waals surface area contributed by atoms with Gasteiger partial charge in [-0.3, -0.25) is 9.59 Å². The van der Waals surface area contributed by atoms with E-state index in [9.17, 15) is 14.7 Å². The maximum absolute atomic E-state index is 12.2. The molecule has 1 fully saturated rings. The predicted octanol–water partition coefficient (Wildman–Crippen LogP) is 1.67. The lowest BCUT2D eigenvalue weighted by Gasteiger charge is -2.44. The van der Waals surface area contributed by atoms with Gasteiger partial charge in [0.1, 0.15) is 0 Å². The van der Waals surface area contributed by atoms with Gasteiger partial charge in [-0.15, -0.1) is 0 Å². The van der Waals surface area contributed by atoms with Crippen molar-refractivity contribution in [3.8, 4) is 0 Å². The second-order valence-corrected chi connectivity index (χ2v) is 5.11. The van der Waals surface area contributed by atoms with Crippen LogP contribution < -0.4 is 0 Å². The zero-order valence-corrected chi connectivity index (χ0v) is 10.4. The average Bonchev–Trinajstić information content (AvgIpc) is 2.43. The lowest BCUT2D eigenvalue weighted by atomic mass is 9.77. The Morgan fingerprint density at radius 3 is 2.68 bits per heavy atom. The fraction of sp³-hybridized carbons (Fsp3) is 0.333. The number of benzene rings is 1. The van der Waals surface area contributed by atoms with Crippen molar-refractivity contribution < 1.29 is 14.7 Å². The molecule has 1 aromatic rings. The highest BCUT2D eigenvalue weighted by atomic mass is 16.4. The molecule has 3 unspecified atom stereocenters. The number of carbonyl (C=O) groups is 2. The van der Waals surface area contributed by atoms with Gasteiger partial charge in [-0.2, -0.15) is 0 Å². The third-order valence-electron chi connectivity index (χ3n) is 3.93. The molecule has 0 aromatic heterocycles. The van der Waals surface area contributed by atoms with E-state index >= 15 is 0 Å². The fourth-order valence-corrected chi connectivity index (χ4v) is 2.95. The van der Waals surface area contributed by atoms with Crippen molar-refractivity contribution in [1.82, 2.24) is 4.90 Å². The second kappa shape index (κ2) is 4.53. The highest BCUT2D eigenvalue weighted by Gasteiger charge is 2.45. The first-order valence-corrected chi connectivity index (χ1v) is 6.42. The summed E-state index contributed by atoms with van der Waals surface area (Å²) in [5.41, 5.74) is 1.03. The molecule has 0 spiro atoms. The first-order chi connectivity index (χ1) is 9.16. The molecule has 1 aromatic carbocycles. The topological polar surface area (TPSA) is 57.6 Å². The Labute approximate surface area is 111 Å². The molecule has 98 valence electrons. The quantitative estimate of drug-likeness (QED) is 0.838. The highest BCUT2D eigenvalue weighted by Crippen LogP contribution is 2.36. The number of hydrogen-bond acceptors (Lipinski definition) is 2. The molecule has 3 atom stereocenters. The van der Waals surface area contributed by atoms with Crippen LogP contribution in [0.3, 0.4) is 0 Å². The van der Waals surface area contributed by atoms with E-state index in [-0.39, 0.29) is 17.9 Å². The van der Waals surface area contributed by atoms with E-state index < -0.39 is 11.9 Å². The summed E-state index contributed by atoms with van der Waals surface area (Å²) in [5, 5.41) is 9.26. The van der Waals surface area contributed by atoms with Crippen LogP contribution in [-0.2, 0) is 16.1 Å². The summed E-state index contributed by atoms with van der Waals surface area (Å²) in [4.78, 5) is 25.2. The maximum atomic E-state index is 12.2. The molecule has 19 heavy (non-hydrogen) atoms. The molecular weight excluding hydrogens is 242 g/mol. The number of hydrogen-bond donors (Lipinski definition) is 1. The highest BCUT2D eigenvalue weighted by molar-refractivity contribution is 5.86. The van der Waals surface area contributed by atoms with E-state index in [2.05, 4.69) is 0 Å². The van der Waals surface area contributed by atoms with Crippen LogP contribution in [-0.4, -0.2) is 27.9 Å². The third-order valence-corrected chi connectivity index (χ3v) is 3.93. The SMILES string of the molecule is O=C(O)C1CC2C=CC1N(Cc1ccccc1)C2=O. The number of carboxylic acid groups (broad SMARTS) is 1. The van der Waals surface area contributed by atoms with Crippen molar-refractivity contribution in [2.75, 3.05) is 0 Å². The van der Waals surface area contributed by atoms with E-state index in [4.69, 9.17) is 0 Å².